The fraction of sp³-hybridized carbons (Fsp3) is 0.348. The summed E-state index contributed by atoms with van der Waals surface area (Å²) in [4.78, 5) is 31.9. The van der Waals surface area contributed by atoms with Gasteiger partial charge >= 0.3 is 5.97 Å². The molecular weight excluding hydrogens is 414 g/mol. The van der Waals surface area contributed by atoms with E-state index in [4.69, 9.17) is 15.5 Å². The minimum Gasteiger partial charge on any atom is -0.458 e. The number of carbonyl (C=O) groups excluding carboxylic acids is 1. The molecular formula is C23H21N3O4S. The average molecular weight is 436 g/mol. The van der Waals surface area contributed by atoms with Crippen LogP contribution in [0.15, 0.2) is 27.9 Å². The predicted molar refractivity (Wildman–Crippen MR) is 117 cm³/mol. The highest BCUT2D eigenvalue weighted by Crippen LogP contribution is 2.44. The first-order valence-corrected chi connectivity index (χ1v) is 11.4. The summed E-state index contributed by atoms with van der Waals surface area (Å²) >= 11 is 1.83. The highest BCUT2D eigenvalue weighted by atomic mass is 32.2. The lowest BCUT2D eigenvalue weighted by Gasteiger charge is -2.31. The second-order valence-corrected chi connectivity index (χ2v) is 9.38. The molecule has 0 amide bonds. The van der Waals surface area contributed by atoms with Crippen molar-refractivity contribution in [3.8, 4) is 11.4 Å². The molecule has 3 N–H and O–H groups in total. The van der Waals surface area contributed by atoms with Gasteiger partial charge in [-0.1, -0.05) is 13.0 Å². The number of pyridine rings is 2. The number of aliphatic hydroxyl groups is 1. The molecule has 2 aromatic heterocycles. The molecule has 0 bridgehead atoms. The maximum atomic E-state index is 13.4. The number of cyclic esters (lactones) is 1. The number of hydrogen-bond donors (Lipinski definition) is 2. The number of nitrogens with zero attached hydrogens (tertiary/aromatic N) is 2. The Balaban J connectivity index is 1.66. The molecule has 3 aliphatic heterocycles. The number of esters is 1. The van der Waals surface area contributed by atoms with Gasteiger partial charge in [-0.3, -0.25) is 4.79 Å². The molecule has 1 aromatic carbocycles. The van der Waals surface area contributed by atoms with E-state index in [1.165, 1.54) is 10.5 Å². The van der Waals surface area contributed by atoms with Gasteiger partial charge < -0.3 is 20.1 Å². The van der Waals surface area contributed by atoms with Crippen molar-refractivity contribution in [3.05, 3.63) is 56.4 Å². The normalized spacial score (nSPS) is 20.9. The summed E-state index contributed by atoms with van der Waals surface area (Å²) in [5.41, 5.74) is 10.3. The third-order valence-corrected chi connectivity index (χ3v) is 7.99. The third-order valence-electron chi connectivity index (χ3n) is 6.82. The molecule has 0 radical (unpaired) electrons. The van der Waals surface area contributed by atoms with Gasteiger partial charge in [-0.25, -0.2) is 9.78 Å². The van der Waals surface area contributed by atoms with Gasteiger partial charge in [0.25, 0.3) is 5.56 Å². The first-order valence-electron chi connectivity index (χ1n) is 10.4. The van der Waals surface area contributed by atoms with Crippen LogP contribution in [0.2, 0.25) is 0 Å². The van der Waals surface area contributed by atoms with Crippen LogP contribution < -0.4 is 11.3 Å². The van der Waals surface area contributed by atoms with Crippen molar-refractivity contribution in [2.45, 2.75) is 50.0 Å². The van der Waals surface area contributed by atoms with Crippen LogP contribution in [0.25, 0.3) is 22.3 Å². The molecule has 3 aliphatic rings. The first kappa shape index (κ1) is 19.0. The topological polar surface area (TPSA) is 107 Å². The van der Waals surface area contributed by atoms with Crippen molar-refractivity contribution in [1.82, 2.24) is 9.55 Å². The van der Waals surface area contributed by atoms with Gasteiger partial charge in [-0.15, -0.1) is 11.8 Å². The van der Waals surface area contributed by atoms with Crippen molar-refractivity contribution in [1.29, 1.82) is 0 Å². The molecule has 0 saturated carbocycles. The molecule has 0 aliphatic carbocycles. The molecule has 0 spiro atoms. The number of aromatic nitrogens is 2. The van der Waals surface area contributed by atoms with Gasteiger partial charge in [0.15, 0.2) is 5.60 Å². The number of carbonyl (C=O) groups is 1. The SMILES string of the molecule is CC[C@@]1(O)C(=O)OCc2c1cc1n(c2=O)Cc2c-1nc1ccc3c(c1c2CN)SCC3. The minimum atomic E-state index is -1.82. The smallest absolute Gasteiger partial charge is 0.343 e. The highest BCUT2D eigenvalue weighted by Gasteiger charge is 2.45. The Bertz CT molecular complexity index is 1380. The summed E-state index contributed by atoms with van der Waals surface area (Å²) in [5, 5.41) is 12.1. The molecule has 6 rings (SSSR count). The van der Waals surface area contributed by atoms with E-state index in [-0.39, 0.29) is 18.6 Å². The molecule has 158 valence electrons. The van der Waals surface area contributed by atoms with Crippen molar-refractivity contribution < 1.29 is 14.6 Å². The van der Waals surface area contributed by atoms with Gasteiger partial charge in [-0.05, 0) is 36.1 Å². The number of thioether (sulfide) groups is 1. The Morgan fingerprint density at radius 3 is 2.94 bits per heavy atom. The van der Waals surface area contributed by atoms with Crippen molar-refractivity contribution in [2.24, 2.45) is 5.73 Å². The Labute approximate surface area is 182 Å². The van der Waals surface area contributed by atoms with E-state index in [1.807, 2.05) is 17.8 Å². The van der Waals surface area contributed by atoms with E-state index in [0.29, 0.717) is 35.6 Å². The second-order valence-electron chi connectivity index (χ2n) is 8.27. The Morgan fingerprint density at radius 1 is 1.32 bits per heavy atom. The zero-order valence-corrected chi connectivity index (χ0v) is 17.8. The lowest BCUT2D eigenvalue weighted by atomic mass is 9.86. The second kappa shape index (κ2) is 6.41. The van der Waals surface area contributed by atoms with E-state index < -0.39 is 11.6 Å². The van der Waals surface area contributed by atoms with Gasteiger partial charge in [0, 0.05) is 33.7 Å². The largest absolute Gasteiger partial charge is 0.458 e. The van der Waals surface area contributed by atoms with Crippen molar-refractivity contribution in [2.75, 3.05) is 5.75 Å². The molecule has 7 nitrogen and oxygen atoms in total. The molecule has 3 aromatic rings. The Hall–Kier alpha value is -2.68. The van der Waals surface area contributed by atoms with Crippen LogP contribution in [-0.4, -0.2) is 26.4 Å². The monoisotopic (exact) mass is 435 g/mol. The van der Waals surface area contributed by atoms with Crippen molar-refractivity contribution >= 4 is 28.6 Å². The molecule has 1 atom stereocenters. The third kappa shape index (κ3) is 2.35. The maximum absolute atomic E-state index is 13.4. The molecule has 0 saturated heterocycles. The van der Waals surface area contributed by atoms with Crippen LogP contribution in [0.1, 0.15) is 41.2 Å². The zero-order chi connectivity index (χ0) is 21.5. The van der Waals surface area contributed by atoms with E-state index in [0.717, 1.165) is 34.2 Å². The lowest BCUT2D eigenvalue weighted by molar-refractivity contribution is -0.172. The number of nitrogens with two attached hydrogens (primary N) is 1. The maximum Gasteiger partial charge on any atom is 0.343 e. The van der Waals surface area contributed by atoms with Gasteiger partial charge in [0.2, 0.25) is 0 Å². The fourth-order valence-corrected chi connectivity index (χ4v) is 6.38. The summed E-state index contributed by atoms with van der Waals surface area (Å²) in [6.07, 6.45) is 1.16. The molecule has 5 heterocycles. The van der Waals surface area contributed by atoms with Crippen LogP contribution in [0.5, 0.6) is 0 Å². The number of aryl methyl sites for hydroxylation is 1. The highest BCUT2D eigenvalue weighted by molar-refractivity contribution is 7.99. The van der Waals surface area contributed by atoms with Crippen LogP contribution in [0, 0.1) is 0 Å². The predicted octanol–water partition coefficient (Wildman–Crippen LogP) is 2.19. The summed E-state index contributed by atoms with van der Waals surface area (Å²) < 4.78 is 6.81. The van der Waals surface area contributed by atoms with Gasteiger partial charge in [-0.2, -0.15) is 0 Å². The average Bonchev–Trinajstić information content (AvgIpc) is 3.40. The van der Waals surface area contributed by atoms with Gasteiger partial charge in [0.05, 0.1) is 29.0 Å². The molecule has 0 unspecified atom stereocenters. The van der Waals surface area contributed by atoms with E-state index in [9.17, 15) is 14.7 Å². The van der Waals surface area contributed by atoms with Crippen LogP contribution in [-0.2, 0) is 41.2 Å². The van der Waals surface area contributed by atoms with Crippen LogP contribution >= 0.6 is 11.8 Å². The number of fused-ring (bicyclic) bond motifs is 7. The zero-order valence-electron chi connectivity index (χ0n) is 17.0. The van der Waals surface area contributed by atoms with Gasteiger partial charge in [0.1, 0.15) is 6.61 Å². The van der Waals surface area contributed by atoms with E-state index in [2.05, 4.69) is 6.07 Å². The summed E-state index contributed by atoms with van der Waals surface area (Å²) in [6.45, 7) is 2.29. The van der Waals surface area contributed by atoms with E-state index in [1.54, 1.807) is 17.6 Å². The number of hydrogen-bond acceptors (Lipinski definition) is 7. The number of benzene rings is 1. The Morgan fingerprint density at radius 2 is 2.16 bits per heavy atom. The molecule has 31 heavy (non-hydrogen) atoms. The lowest BCUT2D eigenvalue weighted by Crippen LogP contribution is -2.44. The fourth-order valence-electron chi connectivity index (χ4n) is 5.13. The number of ether oxygens (including phenoxy) is 1. The van der Waals surface area contributed by atoms with Crippen molar-refractivity contribution in [3.63, 3.8) is 0 Å². The summed E-state index contributed by atoms with van der Waals surface area (Å²) in [7, 11) is 0. The Kier molecular flexibility index (Phi) is 3.94. The molecule has 0 fully saturated rings. The standard InChI is InChI=1S/C23H21N3O4S/c1-2-23(29)15-7-17-19-13(9-26(17)21(27)14(15)10-30-22(23)28)12(8-24)18-16(25-19)4-3-11-5-6-31-20(11)18/h3-4,7,29H,2,5-6,8-10,24H2,1H3/t23-/m0/s1. The number of rotatable bonds is 2. The summed E-state index contributed by atoms with van der Waals surface area (Å²) in [5.74, 6) is 0.331. The summed E-state index contributed by atoms with van der Waals surface area (Å²) in [6, 6.07) is 5.89. The van der Waals surface area contributed by atoms with E-state index >= 15 is 0 Å². The quantitative estimate of drug-likeness (QED) is 0.465. The molecule has 8 heteroatoms. The van der Waals surface area contributed by atoms with Crippen LogP contribution in [0.3, 0.4) is 0 Å². The first-order chi connectivity index (χ1) is 15.0. The minimum absolute atomic E-state index is 0.122. The van der Waals surface area contributed by atoms with Crippen LogP contribution in [0.4, 0.5) is 0 Å².